The van der Waals surface area contributed by atoms with E-state index in [0.717, 1.165) is 5.01 Å². The molecule has 0 saturated heterocycles. The lowest BCUT2D eigenvalue weighted by molar-refractivity contribution is 0.378. The summed E-state index contributed by atoms with van der Waals surface area (Å²) in [7, 11) is 2.02. The van der Waals surface area contributed by atoms with Gasteiger partial charge in [-0.15, -0.1) is 11.3 Å². The summed E-state index contributed by atoms with van der Waals surface area (Å²) < 4.78 is 0. The highest BCUT2D eigenvalue weighted by Gasteiger charge is 2.18. The minimum absolute atomic E-state index is 0.417. The molecule has 1 aromatic rings. The minimum atomic E-state index is 0.417. The molecule has 1 heterocycles. The van der Waals surface area contributed by atoms with Crippen molar-refractivity contribution in [3.63, 3.8) is 0 Å². The Morgan fingerprint density at radius 3 is 2.71 bits per heavy atom. The van der Waals surface area contributed by atoms with Gasteiger partial charge in [0.05, 0.1) is 16.7 Å². The molecular weight excluding hydrogens is 192 g/mol. The topological polar surface area (TPSA) is 24.9 Å². The van der Waals surface area contributed by atoms with Crippen molar-refractivity contribution in [1.29, 1.82) is 0 Å². The molecule has 0 radical (unpaired) electrons. The molecule has 80 valence electrons. The lowest BCUT2D eigenvalue weighted by Crippen LogP contribution is -2.23. The molecule has 0 spiro atoms. The summed E-state index contributed by atoms with van der Waals surface area (Å²) in [5.41, 5.74) is 1.20. The first-order chi connectivity index (χ1) is 6.69. The van der Waals surface area contributed by atoms with E-state index in [0.29, 0.717) is 12.0 Å². The van der Waals surface area contributed by atoms with Crippen molar-refractivity contribution >= 4 is 11.3 Å². The van der Waals surface area contributed by atoms with Gasteiger partial charge in [-0.2, -0.15) is 0 Å². The number of nitrogens with one attached hydrogen (secondary N) is 1. The van der Waals surface area contributed by atoms with E-state index in [9.17, 15) is 0 Å². The molecule has 0 aliphatic carbocycles. The number of hydrogen-bond donors (Lipinski definition) is 1. The Labute approximate surface area is 90.8 Å². The zero-order valence-electron chi connectivity index (χ0n) is 9.50. The maximum absolute atomic E-state index is 4.54. The van der Waals surface area contributed by atoms with Gasteiger partial charge in [-0.1, -0.05) is 20.3 Å². The van der Waals surface area contributed by atoms with Gasteiger partial charge in [0.2, 0.25) is 0 Å². The third-order valence-electron chi connectivity index (χ3n) is 2.58. The maximum Gasteiger partial charge on any atom is 0.0898 e. The van der Waals surface area contributed by atoms with Crippen LogP contribution in [0.4, 0.5) is 0 Å². The van der Waals surface area contributed by atoms with E-state index < -0.39 is 0 Å². The van der Waals surface area contributed by atoms with Crippen molar-refractivity contribution in [2.45, 2.75) is 39.7 Å². The van der Waals surface area contributed by atoms with Crippen LogP contribution in [0.25, 0.3) is 0 Å². The normalized spacial score (nSPS) is 15.4. The SMILES string of the molecule is CCCC(C)C(NC)c1csc(C)n1. The van der Waals surface area contributed by atoms with Crippen LogP contribution in [0.15, 0.2) is 5.38 Å². The van der Waals surface area contributed by atoms with Crippen molar-refractivity contribution in [1.82, 2.24) is 10.3 Å². The highest BCUT2D eigenvalue weighted by molar-refractivity contribution is 7.09. The molecule has 1 rings (SSSR count). The minimum Gasteiger partial charge on any atom is -0.311 e. The summed E-state index contributed by atoms with van der Waals surface area (Å²) in [5, 5.41) is 6.69. The summed E-state index contributed by atoms with van der Waals surface area (Å²) in [6, 6.07) is 0.417. The third-order valence-corrected chi connectivity index (χ3v) is 3.37. The first-order valence-electron chi connectivity index (χ1n) is 5.28. The molecule has 2 nitrogen and oxygen atoms in total. The van der Waals surface area contributed by atoms with Gasteiger partial charge in [-0.05, 0) is 26.3 Å². The maximum atomic E-state index is 4.54. The van der Waals surface area contributed by atoms with Crippen molar-refractivity contribution in [2.24, 2.45) is 5.92 Å². The summed E-state index contributed by atoms with van der Waals surface area (Å²) >= 11 is 1.73. The fourth-order valence-electron chi connectivity index (χ4n) is 1.87. The largest absolute Gasteiger partial charge is 0.311 e. The van der Waals surface area contributed by atoms with Crippen molar-refractivity contribution in [2.75, 3.05) is 7.05 Å². The predicted molar refractivity (Wildman–Crippen MR) is 62.7 cm³/mol. The van der Waals surface area contributed by atoms with Gasteiger partial charge in [0.15, 0.2) is 0 Å². The molecule has 1 N–H and O–H groups in total. The number of aryl methyl sites for hydroxylation is 1. The number of thiazole rings is 1. The number of nitrogens with zero attached hydrogens (tertiary/aromatic N) is 1. The van der Waals surface area contributed by atoms with Gasteiger partial charge in [0.1, 0.15) is 0 Å². The van der Waals surface area contributed by atoms with Crippen LogP contribution in [0, 0.1) is 12.8 Å². The van der Waals surface area contributed by atoms with Gasteiger partial charge in [0.25, 0.3) is 0 Å². The van der Waals surface area contributed by atoms with Gasteiger partial charge in [-0.3, -0.25) is 0 Å². The molecule has 1 aromatic heterocycles. The van der Waals surface area contributed by atoms with Crippen molar-refractivity contribution < 1.29 is 0 Å². The van der Waals surface area contributed by atoms with E-state index >= 15 is 0 Å². The highest BCUT2D eigenvalue weighted by atomic mass is 32.1. The zero-order chi connectivity index (χ0) is 10.6. The Morgan fingerprint density at radius 1 is 1.57 bits per heavy atom. The molecule has 2 atom stereocenters. The Kier molecular flexibility index (Phi) is 4.55. The fourth-order valence-corrected chi connectivity index (χ4v) is 2.52. The first-order valence-corrected chi connectivity index (χ1v) is 6.16. The van der Waals surface area contributed by atoms with Gasteiger partial charge >= 0.3 is 0 Å². The van der Waals surface area contributed by atoms with Crippen LogP contribution in [0.2, 0.25) is 0 Å². The Bertz CT molecular complexity index is 270. The average molecular weight is 212 g/mol. The van der Waals surface area contributed by atoms with E-state index in [1.54, 1.807) is 11.3 Å². The standard InChI is InChI=1S/C11H20N2S/c1-5-6-8(2)11(12-4)10-7-14-9(3)13-10/h7-8,11-12H,5-6H2,1-4H3. The Hall–Kier alpha value is -0.410. The third kappa shape index (κ3) is 2.79. The van der Waals surface area contributed by atoms with Crippen LogP contribution >= 0.6 is 11.3 Å². The molecule has 14 heavy (non-hydrogen) atoms. The monoisotopic (exact) mass is 212 g/mol. The summed E-state index contributed by atoms with van der Waals surface area (Å²) in [6.45, 7) is 6.58. The second-order valence-corrected chi connectivity index (χ2v) is 4.89. The van der Waals surface area contributed by atoms with Gasteiger partial charge in [0, 0.05) is 5.38 Å². The highest BCUT2D eigenvalue weighted by Crippen LogP contribution is 2.25. The van der Waals surface area contributed by atoms with E-state index in [1.807, 2.05) is 7.05 Å². The van der Waals surface area contributed by atoms with Crippen LogP contribution < -0.4 is 5.32 Å². The van der Waals surface area contributed by atoms with E-state index in [1.165, 1.54) is 18.5 Å². The van der Waals surface area contributed by atoms with Crippen LogP contribution in [0.3, 0.4) is 0 Å². The molecule has 2 unspecified atom stereocenters. The Balaban J connectivity index is 2.71. The second-order valence-electron chi connectivity index (χ2n) is 3.82. The molecule has 0 aliphatic heterocycles. The zero-order valence-corrected chi connectivity index (χ0v) is 10.3. The van der Waals surface area contributed by atoms with Crippen LogP contribution in [0.1, 0.15) is 43.4 Å². The smallest absolute Gasteiger partial charge is 0.0898 e. The molecule has 3 heteroatoms. The quantitative estimate of drug-likeness (QED) is 0.811. The summed E-state index contributed by atoms with van der Waals surface area (Å²) in [5.74, 6) is 0.659. The number of aromatic nitrogens is 1. The molecule has 0 fully saturated rings. The van der Waals surface area contributed by atoms with Crippen LogP contribution in [-0.2, 0) is 0 Å². The lowest BCUT2D eigenvalue weighted by Gasteiger charge is -2.21. The number of hydrogen-bond acceptors (Lipinski definition) is 3. The molecule has 0 amide bonds. The van der Waals surface area contributed by atoms with E-state index in [2.05, 4.69) is 36.5 Å². The van der Waals surface area contributed by atoms with Crippen LogP contribution in [0.5, 0.6) is 0 Å². The molecule has 0 bridgehead atoms. The Morgan fingerprint density at radius 2 is 2.29 bits per heavy atom. The molecule has 0 aliphatic rings. The van der Waals surface area contributed by atoms with E-state index in [-0.39, 0.29) is 0 Å². The first kappa shape index (κ1) is 11.7. The van der Waals surface area contributed by atoms with Crippen molar-refractivity contribution in [3.8, 4) is 0 Å². The summed E-state index contributed by atoms with van der Waals surface area (Å²) in [6.07, 6.45) is 2.49. The van der Waals surface area contributed by atoms with Gasteiger partial charge in [-0.25, -0.2) is 4.98 Å². The molecule has 0 saturated carbocycles. The lowest BCUT2D eigenvalue weighted by atomic mass is 9.95. The number of rotatable bonds is 5. The fraction of sp³-hybridized carbons (Fsp3) is 0.727. The van der Waals surface area contributed by atoms with Crippen molar-refractivity contribution in [3.05, 3.63) is 16.1 Å². The van der Waals surface area contributed by atoms with Crippen LogP contribution in [-0.4, -0.2) is 12.0 Å². The molecule has 0 aromatic carbocycles. The van der Waals surface area contributed by atoms with Gasteiger partial charge < -0.3 is 5.32 Å². The summed E-state index contributed by atoms with van der Waals surface area (Å²) in [4.78, 5) is 4.54. The van der Waals surface area contributed by atoms with E-state index in [4.69, 9.17) is 0 Å². The average Bonchev–Trinajstić information content (AvgIpc) is 2.54. The predicted octanol–water partition coefficient (Wildman–Crippen LogP) is 3.15. The molecular formula is C11H20N2S. The second kappa shape index (κ2) is 5.47.